The van der Waals surface area contributed by atoms with Crippen LogP contribution in [0.4, 0.5) is 0 Å². The molecule has 1 aliphatic rings. The predicted molar refractivity (Wildman–Crippen MR) is 145 cm³/mol. The van der Waals surface area contributed by atoms with E-state index in [2.05, 4.69) is 5.32 Å². The lowest BCUT2D eigenvalue weighted by Gasteiger charge is -2.23. The van der Waals surface area contributed by atoms with Crippen molar-refractivity contribution in [1.29, 1.82) is 0 Å². The number of unbranched alkanes of at least 4 members (excludes halogenated alkanes) is 6. The number of nitrogens with one attached hydrogen (secondary N) is 1. The molecule has 202 valence electrons. The van der Waals surface area contributed by atoms with E-state index in [1.54, 1.807) is 24.3 Å². The SMILES string of the molecule is NC(=O)CCCCCCCCCC(N)NC(=O)c1ccc(C(=O)N2CCCCCCCCCC2)cc1. The van der Waals surface area contributed by atoms with Crippen LogP contribution in [0.5, 0.6) is 0 Å². The number of carbonyl (C=O) groups excluding carboxylic acids is 3. The van der Waals surface area contributed by atoms with E-state index in [1.807, 2.05) is 4.90 Å². The van der Waals surface area contributed by atoms with Crippen molar-refractivity contribution in [2.24, 2.45) is 11.5 Å². The van der Waals surface area contributed by atoms with Gasteiger partial charge in [-0.05, 0) is 49.9 Å². The maximum absolute atomic E-state index is 13.1. The Kier molecular flexibility index (Phi) is 14.9. The standard InChI is InChI=1S/C29H48N4O3/c30-26(16-12-8-4-3-5-9-13-17-27(31)34)32-28(35)24-18-20-25(21-19-24)29(36)33-22-14-10-6-1-2-7-11-15-23-33/h18-21,26H,1-17,22-23,30H2,(H2,31,34)(H,32,35). The van der Waals surface area contributed by atoms with Crippen molar-refractivity contribution in [1.82, 2.24) is 10.2 Å². The summed E-state index contributed by atoms with van der Waals surface area (Å²) < 4.78 is 0. The summed E-state index contributed by atoms with van der Waals surface area (Å²) in [5.74, 6) is -0.364. The number of nitrogens with zero attached hydrogens (tertiary/aromatic N) is 1. The van der Waals surface area contributed by atoms with Crippen LogP contribution in [0.15, 0.2) is 24.3 Å². The third-order valence-corrected chi connectivity index (χ3v) is 7.04. The van der Waals surface area contributed by atoms with Gasteiger partial charge in [-0.2, -0.15) is 0 Å². The lowest BCUT2D eigenvalue weighted by molar-refractivity contribution is -0.118. The molecule has 5 N–H and O–H groups in total. The van der Waals surface area contributed by atoms with E-state index in [-0.39, 0.29) is 23.9 Å². The van der Waals surface area contributed by atoms with Gasteiger partial charge in [0.25, 0.3) is 11.8 Å². The first-order chi connectivity index (χ1) is 17.5. The van der Waals surface area contributed by atoms with Crippen LogP contribution in [-0.2, 0) is 4.79 Å². The van der Waals surface area contributed by atoms with E-state index >= 15 is 0 Å². The molecule has 1 saturated heterocycles. The van der Waals surface area contributed by atoms with Gasteiger partial charge in [0.2, 0.25) is 5.91 Å². The van der Waals surface area contributed by atoms with Crippen LogP contribution in [-0.4, -0.2) is 41.9 Å². The van der Waals surface area contributed by atoms with E-state index in [1.165, 1.54) is 38.5 Å². The van der Waals surface area contributed by atoms with Crippen LogP contribution in [0.1, 0.15) is 130 Å². The summed E-state index contributed by atoms with van der Waals surface area (Å²) in [7, 11) is 0. The highest BCUT2D eigenvalue weighted by Crippen LogP contribution is 2.15. The molecule has 1 atom stereocenters. The number of benzene rings is 1. The highest BCUT2D eigenvalue weighted by molar-refractivity contribution is 5.97. The first-order valence-electron chi connectivity index (χ1n) is 14.2. The molecule has 36 heavy (non-hydrogen) atoms. The number of hydrogen-bond acceptors (Lipinski definition) is 4. The average molecular weight is 501 g/mol. The third-order valence-electron chi connectivity index (χ3n) is 7.04. The maximum Gasteiger partial charge on any atom is 0.253 e. The Hall–Kier alpha value is -2.41. The highest BCUT2D eigenvalue weighted by Gasteiger charge is 2.17. The van der Waals surface area contributed by atoms with E-state index in [4.69, 9.17) is 11.5 Å². The number of hydrogen-bond donors (Lipinski definition) is 3. The van der Waals surface area contributed by atoms with Gasteiger partial charge in [-0.1, -0.05) is 77.0 Å². The van der Waals surface area contributed by atoms with Gasteiger partial charge in [-0.25, -0.2) is 0 Å². The van der Waals surface area contributed by atoms with Crippen LogP contribution in [0.3, 0.4) is 0 Å². The fourth-order valence-corrected chi connectivity index (χ4v) is 4.80. The lowest BCUT2D eigenvalue weighted by atomic mass is 10.1. The average Bonchev–Trinajstić information content (AvgIpc) is 2.93. The monoisotopic (exact) mass is 500 g/mol. The van der Waals surface area contributed by atoms with Gasteiger partial charge in [0, 0.05) is 30.6 Å². The molecule has 1 heterocycles. The molecule has 1 unspecified atom stereocenters. The number of amides is 3. The Morgan fingerprint density at radius 1 is 0.722 bits per heavy atom. The van der Waals surface area contributed by atoms with Crippen molar-refractivity contribution < 1.29 is 14.4 Å². The first kappa shape index (κ1) is 29.8. The second-order valence-corrected chi connectivity index (χ2v) is 10.3. The van der Waals surface area contributed by atoms with Gasteiger partial charge in [0.05, 0.1) is 6.17 Å². The molecule has 1 aromatic carbocycles. The van der Waals surface area contributed by atoms with E-state index < -0.39 is 0 Å². The minimum absolute atomic E-state index is 0.0609. The molecule has 0 spiro atoms. The van der Waals surface area contributed by atoms with Crippen LogP contribution in [0.2, 0.25) is 0 Å². The normalized spacial score (nSPS) is 16.1. The molecule has 0 bridgehead atoms. The molecular formula is C29H48N4O3. The molecule has 1 aromatic rings. The summed E-state index contributed by atoms with van der Waals surface area (Å²) in [6.07, 6.45) is 17.8. The predicted octanol–water partition coefficient (Wildman–Crippen LogP) is 5.27. The van der Waals surface area contributed by atoms with Crippen LogP contribution in [0.25, 0.3) is 0 Å². The van der Waals surface area contributed by atoms with E-state index in [0.717, 1.165) is 77.3 Å². The summed E-state index contributed by atoms with van der Waals surface area (Å²) in [5, 5.41) is 2.87. The summed E-state index contributed by atoms with van der Waals surface area (Å²) in [6.45, 7) is 1.62. The van der Waals surface area contributed by atoms with Crippen LogP contribution < -0.4 is 16.8 Å². The number of carbonyl (C=O) groups is 3. The Morgan fingerprint density at radius 2 is 1.19 bits per heavy atom. The summed E-state index contributed by atoms with van der Waals surface area (Å²) in [6, 6.07) is 6.97. The zero-order valence-corrected chi connectivity index (χ0v) is 22.1. The molecule has 1 aliphatic heterocycles. The van der Waals surface area contributed by atoms with Gasteiger partial charge in [-0.15, -0.1) is 0 Å². The van der Waals surface area contributed by atoms with Crippen LogP contribution in [0, 0.1) is 0 Å². The molecule has 1 fully saturated rings. The minimum atomic E-state index is -0.382. The van der Waals surface area contributed by atoms with Crippen molar-refractivity contribution >= 4 is 17.7 Å². The molecule has 0 aromatic heterocycles. The van der Waals surface area contributed by atoms with Gasteiger partial charge < -0.3 is 21.7 Å². The highest BCUT2D eigenvalue weighted by atomic mass is 16.2. The second-order valence-electron chi connectivity index (χ2n) is 10.3. The lowest BCUT2D eigenvalue weighted by Crippen LogP contribution is -2.41. The minimum Gasteiger partial charge on any atom is -0.370 e. The van der Waals surface area contributed by atoms with Gasteiger partial charge in [-0.3, -0.25) is 14.4 Å². The van der Waals surface area contributed by atoms with Gasteiger partial charge in [0.1, 0.15) is 0 Å². The zero-order valence-electron chi connectivity index (χ0n) is 22.1. The zero-order chi connectivity index (χ0) is 26.0. The van der Waals surface area contributed by atoms with Gasteiger partial charge >= 0.3 is 0 Å². The molecule has 2 rings (SSSR count). The number of rotatable bonds is 13. The number of primary amides is 1. The molecular weight excluding hydrogens is 452 g/mol. The largest absolute Gasteiger partial charge is 0.370 e. The maximum atomic E-state index is 13.1. The van der Waals surface area contributed by atoms with Crippen molar-refractivity contribution in [2.45, 2.75) is 115 Å². The van der Waals surface area contributed by atoms with Crippen molar-refractivity contribution in [3.63, 3.8) is 0 Å². The van der Waals surface area contributed by atoms with E-state index in [9.17, 15) is 14.4 Å². The Morgan fingerprint density at radius 3 is 1.75 bits per heavy atom. The Balaban J connectivity index is 1.69. The molecule has 7 nitrogen and oxygen atoms in total. The van der Waals surface area contributed by atoms with Gasteiger partial charge in [0.15, 0.2) is 0 Å². The van der Waals surface area contributed by atoms with E-state index in [0.29, 0.717) is 17.5 Å². The fourth-order valence-electron chi connectivity index (χ4n) is 4.80. The molecule has 0 radical (unpaired) electrons. The molecule has 3 amide bonds. The molecule has 7 heteroatoms. The molecule has 0 aliphatic carbocycles. The Bertz CT molecular complexity index is 769. The quantitative estimate of drug-likeness (QED) is 0.252. The fraction of sp³-hybridized carbons (Fsp3) is 0.690. The number of nitrogens with two attached hydrogens (primary N) is 2. The van der Waals surface area contributed by atoms with Crippen molar-refractivity contribution in [3.05, 3.63) is 35.4 Å². The second kappa shape index (κ2) is 17.9. The van der Waals surface area contributed by atoms with Crippen molar-refractivity contribution in [2.75, 3.05) is 13.1 Å². The first-order valence-corrected chi connectivity index (χ1v) is 14.2. The van der Waals surface area contributed by atoms with Crippen molar-refractivity contribution in [3.8, 4) is 0 Å². The smallest absolute Gasteiger partial charge is 0.253 e. The topological polar surface area (TPSA) is 119 Å². The third kappa shape index (κ3) is 12.5. The summed E-state index contributed by atoms with van der Waals surface area (Å²) >= 11 is 0. The Labute approximate surface area is 217 Å². The summed E-state index contributed by atoms with van der Waals surface area (Å²) in [5.41, 5.74) is 12.4. The van der Waals surface area contributed by atoms with Crippen LogP contribution >= 0.6 is 0 Å². The summed E-state index contributed by atoms with van der Waals surface area (Å²) in [4.78, 5) is 38.4. The molecule has 0 saturated carbocycles.